The fraction of sp³-hybridized carbons (Fsp3) is 0.250. The molecule has 1 heterocycles. The number of benzene rings is 3. The molecule has 0 unspecified atom stereocenters. The van der Waals surface area contributed by atoms with Gasteiger partial charge in [0.05, 0.1) is 17.1 Å². The van der Waals surface area contributed by atoms with E-state index in [1.54, 1.807) is 18.2 Å². The Labute approximate surface area is 220 Å². The number of hydrogen-bond acceptors (Lipinski definition) is 5. The number of alkyl halides is 2. The number of fused-ring (bicyclic) bond motifs is 1. The summed E-state index contributed by atoms with van der Waals surface area (Å²) < 4.78 is 64.4. The van der Waals surface area contributed by atoms with Gasteiger partial charge in [0.15, 0.2) is 0 Å². The summed E-state index contributed by atoms with van der Waals surface area (Å²) in [4.78, 5) is 10.9. The van der Waals surface area contributed by atoms with Crippen molar-refractivity contribution in [1.29, 1.82) is 0 Å². The van der Waals surface area contributed by atoms with Crippen molar-refractivity contribution < 1.29 is 36.6 Å². The van der Waals surface area contributed by atoms with Gasteiger partial charge in [0.1, 0.15) is 17.6 Å². The number of carboxylic acids is 1. The average molecular weight is 544 g/mol. The molecule has 1 atom stereocenters. The molecule has 0 saturated heterocycles. The number of carbonyl (C=O) groups is 1. The summed E-state index contributed by atoms with van der Waals surface area (Å²) >= 11 is 0. The monoisotopic (exact) mass is 543 g/mol. The molecule has 0 amide bonds. The predicted octanol–water partition coefficient (Wildman–Crippen LogP) is 5.84. The maximum absolute atomic E-state index is 13.7. The van der Waals surface area contributed by atoms with Crippen LogP contribution in [0.25, 0.3) is 12.2 Å². The van der Waals surface area contributed by atoms with Crippen molar-refractivity contribution in [2.45, 2.75) is 43.8 Å². The van der Waals surface area contributed by atoms with Crippen LogP contribution >= 0.6 is 0 Å². The van der Waals surface area contributed by atoms with Crippen molar-refractivity contribution in [3.05, 3.63) is 83.4 Å². The van der Waals surface area contributed by atoms with Gasteiger partial charge in [0, 0.05) is 12.5 Å². The molecule has 7 nitrogen and oxygen atoms in total. The number of ether oxygens (including phenoxy) is 2. The maximum atomic E-state index is 13.7. The van der Waals surface area contributed by atoms with Gasteiger partial charge in [-0.05, 0) is 53.8 Å². The molecule has 3 aromatic rings. The topological polar surface area (TPSA) is 93.1 Å². The van der Waals surface area contributed by atoms with Crippen LogP contribution < -0.4 is 13.8 Å². The highest BCUT2D eigenvalue weighted by atomic mass is 32.2. The summed E-state index contributed by atoms with van der Waals surface area (Å²) in [6.07, 6.45) is 3.84. The van der Waals surface area contributed by atoms with Crippen LogP contribution in [0.2, 0.25) is 0 Å². The normalized spacial score (nSPS) is 15.4. The molecule has 0 saturated carbocycles. The number of rotatable bonds is 10. The highest BCUT2D eigenvalue weighted by Crippen LogP contribution is 2.39. The Bertz CT molecular complexity index is 1440. The Balaban J connectivity index is 1.73. The van der Waals surface area contributed by atoms with Crippen LogP contribution in [0.15, 0.2) is 71.6 Å². The minimum Gasteiger partial charge on any atom is -0.486 e. The zero-order chi connectivity index (χ0) is 27.3. The van der Waals surface area contributed by atoms with Gasteiger partial charge < -0.3 is 14.6 Å². The molecule has 10 heteroatoms. The lowest BCUT2D eigenvalue weighted by atomic mass is 10.0. The first-order valence-electron chi connectivity index (χ1n) is 12.0. The quantitative estimate of drug-likeness (QED) is 0.323. The smallest absolute Gasteiger partial charge is 0.387 e. The highest BCUT2D eigenvalue weighted by molar-refractivity contribution is 7.92. The fourth-order valence-corrected chi connectivity index (χ4v) is 5.77. The number of sulfonamides is 1. The Morgan fingerprint density at radius 3 is 2.66 bits per heavy atom. The first kappa shape index (κ1) is 27.1. The Hall–Kier alpha value is -3.92. The lowest BCUT2D eigenvalue weighted by Gasteiger charge is -2.35. The predicted molar refractivity (Wildman–Crippen MR) is 140 cm³/mol. The van der Waals surface area contributed by atoms with Crippen LogP contribution in [0.4, 0.5) is 14.5 Å². The van der Waals surface area contributed by atoms with Crippen molar-refractivity contribution in [2.75, 3.05) is 10.8 Å². The Morgan fingerprint density at radius 1 is 1.13 bits per heavy atom. The van der Waals surface area contributed by atoms with Crippen molar-refractivity contribution in [3.8, 4) is 11.5 Å². The molecule has 3 aromatic carbocycles. The fourth-order valence-electron chi connectivity index (χ4n) is 4.24. The van der Waals surface area contributed by atoms with E-state index >= 15 is 0 Å². The van der Waals surface area contributed by atoms with E-state index in [-0.39, 0.29) is 41.5 Å². The summed E-state index contributed by atoms with van der Waals surface area (Å²) in [5, 5.41) is 9.10. The minimum absolute atomic E-state index is 0.0881. The van der Waals surface area contributed by atoms with Crippen LogP contribution in [0.1, 0.15) is 36.5 Å². The van der Waals surface area contributed by atoms with Crippen LogP contribution in [-0.4, -0.2) is 38.8 Å². The Morgan fingerprint density at radius 2 is 1.92 bits per heavy atom. The van der Waals surface area contributed by atoms with Crippen molar-refractivity contribution in [2.24, 2.45) is 0 Å². The van der Waals surface area contributed by atoms with E-state index in [9.17, 15) is 22.0 Å². The van der Waals surface area contributed by atoms with E-state index in [1.807, 2.05) is 36.4 Å². The number of carboxylic acid groups (broad SMARTS) is 1. The Kier molecular flexibility index (Phi) is 8.31. The molecule has 0 radical (unpaired) electrons. The third kappa shape index (κ3) is 6.31. The molecule has 1 aliphatic rings. The second-order valence-corrected chi connectivity index (χ2v) is 10.5. The van der Waals surface area contributed by atoms with Crippen LogP contribution in [-0.2, 0) is 21.2 Å². The van der Waals surface area contributed by atoms with E-state index < -0.39 is 28.7 Å². The zero-order valence-electron chi connectivity index (χ0n) is 20.6. The number of aliphatic carboxylic acids is 1. The largest absolute Gasteiger partial charge is 0.486 e. The third-order valence-corrected chi connectivity index (χ3v) is 7.88. The highest BCUT2D eigenvalue weighted by Gasteiger charge is 2.35. The molecular formula is C28H27F2NO6S. The first-order chi connectivity index (χ1) is 18.2. The van der Waals surface area contributed by atoms with Crippen LogP contribution in [0.3, 0.4) is 0 Å². The number of halogens is 2. The lowest BCUT2D eigenvalue weighted by Crippen LogP contribution is -2.43. The molecule has 1 N–H and O–H groups in total. The van der Waals surface area contributed by atoms with Gasteiger partial charge in [0.2, 0.25) is 0 Å². The molecule has 0 aromatic heterocycles. The number of aryl methyl sites for hydroxylation is 1. The van der Waals surface area contributed by atoms with E-state index in [4.69, 9.17) is 9.84 Å². The summed E-state index contributed by atoms with van der Waals surface area (Å²) in [6.45, 7) is -1.19. The van der Waals surface area contributed by atoms with Crippen LogP contribution in [0, 0.1) is 0 Å². The number of hydrogen-bond donors (Lipinski definition) is 1. The molecule has 38 heavy (non-hydrogen) atoms. The second kappa shape index (κ2) is 11.6. The molecule has 200 valence electrons. The van der Waals surface area contributed by atoms with Gasteiger partial charge in [-0.3, -0.25) is 9.10 Å². The average Bonchev–Trinajstić information content (AvgIpc) is 2.90. The van der Waals surface area contributed by atoms with Gasteiger partial charge in [-0.15, -0.1) is 0 Å². The summed E-state index contributed by atoms with van der Waals surface area (Å²) in [6, 6.07) is 17.9. The van der Waals surface area contributed by atoms with Crippen molar-refractivity contribution in [1.82, 2.24) is 0 Å². The van der Waals surface area contributed by atoms with E-state index in [2.05, 4.69) is 11.7 Å². The van der Waals surface area contributed by atoms with Gasteiger partial charge in [-0.1, -0.05) is 55.5 Å². The number of nitrogens with zero attached hydrogens (tertiary/aromatic N) is 1. The van der Waals surface area contributed by atoms with Gasteiger partial charge in [0.25, 0.3) is 10.0 Å². The van der Waals surface area contributed by atoms with Gasteiger partial charge in [-0.2, -0.15) is 8.78 Å². The summed E-state index contributed by atoms with van der Waals surface area (Å²) in [7, 11) is -4.24. The zero-order valence-corrected chi connectivity index (χ0v) is 21.4. The summed E-state index contributed by atoms with van der Waals surface area (Å²) in [5.41, 5.74) is 3.19. The summed E-state index contributed by atoms with van der Waals surface area (Å²) in [5.74, 6) is -1.04. The van der Waals surface area contributed by atoms with E-state index in [0.717, 1.165) is 27.9 Å². The van der Waals surface area contributed by atoms with Gasteiger partial charge >= 0.3 is 12.6 Å². The first-order valence-corrected chi connectivity index (χ1v) is 13.5. The maximum Gasteiger partial charge on any atom is 0.387 e. The lowest BCUT2D eigenvalue weighted by molar-refractivity contribution is -0.137. The van der Waals surface area contributed by atoms with E-state index in [1.165, 1.54) is 23.8 Å². The standard InChI is InChI=1S/C28H27F2NO6S/c1-2-20-6-3-4-7-21(20)12-10-19-11-14-26-25(16-19)31(18-23(36-26)13-15-27(32)33)38(34,35)24-9-5-8-22(17-24)37-28(29)30/h3-12,14,16-17,23,28H,2,13,15,18H2,1H3,(H,32,33)/b12-10+/t23-/m0/s1. The molecule has 1 aliphatic heterocycles. The van der Waals surface area contributed by atoms with E-state index in [0.29, 0.717) is 0 Å². The second-order valence-electron chi connectivity index (χ2n) is 8.67. The molecule has 0 fully saturated rings. The minimum atomic E-state index is -4.24. The molecule has 0 bridgehead atoms. The van der Waals surface area contributed by atoms with Gasteiger partial charge in [-0.25, -0.2) is 8.42 Å². The van der Waals surface area contributed by atoms with Crippen molar-refractivity contribution in [3.63, 3.8) is 0 Å². The number of anilines is 1. The SMILES string of the molecule is CCc1ccccc1/C=C/c1ccc2c(c1)N(S(=O)(=O)c1cccc(OC(F)F)c1)C[C@H](CCC(=O)O)O2. The molecule has 0 aliphatic carbocycles. The third-order valence-electron chi connectivity index (χ3n) is 6.10. The van der Waals surface area contributed by atoms with Crippen molar-refractivity contribution >= 4 is 33.8 Å². The molecule has 4 rings (SSSR count). The molecular weight excluding hydrogens is 516 g/mol. The molecule has 0 spiro atoms. The van der Waals surface area contributed by atoms with Crippen LogP contribution in [0.5, 0.6) is 11.5 Å².